The van der Waals surface area contributed by atoms with Crippen molar-refractivity contribution < 1.29 is 4.79 Å². The number of carbonyl (C=O) groups is 1. The van der Waals surface area contributed by atoms with E-state index < -0.39 is 0 Å². The Bertz CT molecular complexity index is 984. The van der Waals surface area contributed by atoms with Gasteiger partial charge in [0.2, 0.25) is 0 Å². The topological polar surface area (TPSA) is 54.3 Å². The van der Waals surface area contributed by atoms with E-state index in [1.807, 2.05) is 19.0 Å². The Labute approximate surface area is 163 Å². The number of hydrogen-bond donors (Lipinski definition) is 0. The first-order valence-corrected chi connectivity index (χ1v) is 10.1. The van der Waals surface area contributed by atoms with Gasteiger partial charge in [0.25, 0.3) is 5.91 Å². The Morgan fingerprint density at radius 1 is 1.26 bits per heavy atom. The molecule has 0 atom stereocenters. The number of hydrogen-bond acceptors (Lipinski definition) is 5. The fourth-order valence-electron chi connectivity index (χ4n) is 3.70. The van der Waals surface area contributed by atoms with Gasteiger partial charge >= 0.3 is 0 Å². The molecule has 0 N–H and O–H groups in total. The number of thiazole rings is 1. The lowest BCUT2D eigenvalue weighted by molar-refractivity contribution is 0.0699. The zero-order chi connectivity index (χ0) is 19.1. The van der Waals surface area contributed by atoms with Gasteiger partial charge in [-0.25, -0.2) is 9.97 Å². The van der Waals surface area contributed by atoms with E-state index in [4.69, 9.17) is 4.98 Å². The Balaban J connectivity index is 1.45. The minimum absolute atomic E-state index is 0.0412. The number of piperidine rings is 1. The van der Waals surface area contributed by atoms with E-state index in [1.54, 1.807) is 28.4 Å². The minimum Gasteiger partial charge on any atom is -0.348 e. The lowest BCUT2D eigenvalue weighted by Crippen LogP contribution is -2.46. The molecule has 0 bridgehead atoms. The van der Waals surface area contributed by atoms with Crippen molar-refractivity contribution in [2.24, 2.45) is 7.05 Å². The van der Waals surface area contributed by atoms with Gasteiger partial charge in [0.05, 0.1) is 22.7 Å². The van der Waals surface area contributed by atoms with Gasteiger partial charge in [0, 0.05) is 33.2 Å². The van der Waals surface area contributed by atoms with Gasteiger partial charge in [-0.2, -0.15) is 0 Å². The average molecular weight is 384 g/mol. The molecule has 4 rings (SSSR count). The molecule has 7 heteroatoms. The Morgan fingerprint density at radius 3 is 2.67 bits per heavy atom. The Morgan fingerprint density at radius 2 is 2.00 bits per heavy atom. The molecular formula is C20H25N5OS. The summed E-state index contributed by atoms with van der Waals surface area (Å²) in [5.41, 5.74) is 4.32. The van der Waals surface area contributed by atoms with Crippen LogP contribution in [-0.2, 0) is 7.05 Å². The fraction of sp³-hybridized carbons (Fsp3) is 0.450. The van der Waals surface area contributed by atoms with Crippen molar-refractivity contribution >= 4 is 32.6 Å². The number of amides is 1. The Kier molecular flexibility index (Phi) is 4.63. The summed E-state index contributed by atoms with van der Waals surface area (Å²) in [6.45, 7) is 6.12. The highest BCUT2D eigenvalue weighted by Gasteiger charge is 2.28. The molecule has 142 valence electrons. The molecule has 3 heterocycles. The number of rotatable bonds is 3. The van der Waals surface area contributed by atoms with Gasteiger partial charge in [0.1, 0.15) is 5.69 Å². The van der Waals surface area contributed by atoms with Gasteiger partial charge in [-0.1, -0.05) is 17.4 Å². The standard InChI is InChI=1S/C20H25N5OS/c1-13-5-6-17-18(14(13)2)22-20(27-17)25-9-7-15(8-10-25)24(4)19(26)16-11-21-12-23(16)3/h5-6,11-12,15H,7-10H2,1-4H3. The number of nitrogens with zero attached hydrogens (tertiary/aromatic N) is 5. The van der Waals surface area contributed by atoms with Crippen LogP contribution in [0.1, 0.15) is 34.5 Å². The molecule has 2 aromatic heterocycles. The fourth-order valence-corrected chi connectivity index (χ4v) is 4.78. The molecule has 6 nitrogen and oxygen atoms in total. The molecule has 1 aliphatic heterocycles. The second-order valence-corrected chi connectivity index (χ2v) is 8.38. The zero-order valence-corrected chi connectivity index (χ0v) is 17.1. The van der Waals surface area contributed by atoms with E-state index in [1.165, 1.54) is 15.8 Å². The van der Waals surface area contributed by atoms with Crippen molar-refractivity contribution in [2.75, 3.05) is 25.0 Å². The van der Waals surface area contributed by atoms with Gasteiger partial charge in [0.15, 0.2) is 5.13 Å². The molecule has 1 aromatic carbocycles. The largest absolute Gasteiger partial charge is 0.348 e. The van der Waals surface area contributed by atoms with Gasteiger partial charge < -0.3 is 14.4 Å². The van der Waals surface area contributed by atoms with E-state index in [0.717, 1.165) is 36.6 Å². The molecule has 1 fully saturated rings. The van der Waals surface area contributed by atoms with Crippen LogP contribution in [0.2, 0.25) is 0 Å². The molecule has 1 amide bonds. The van der Waals surface area contributed by atoms with E-state index >= 15 is 0 Å². The molecule has 0 spiro atoms. The van der Waals surface area contributed by atoms with Crippen molar-refractivity contribution in [1.82, 2.24) is 19.4 Å². The number of aromatic nitrogens is 3. The van der Waals surface area contributed by atoms with Crippen LogP contribution < -0.4 is 4.90 Å². The third-order valence-corrected chi connectivity index (χ3v) is 6.79. The minimum atomic E-state index is 0.0412. The van der Waals surface area contributed by atoms with E-state index in [9.17, 15) is 4.79 Å². The molecule has 0 aliphatic carbocycles. The maximum atomic E-state index is 12.7. The smallest absolute Gasteiger partial charge is 0.272 e. The Hall–Kier alpha value is -2.41. The van der Waals surface area contributed by atoms with Crippen LogP contribution in [0.15, 0.2) is 24.7 Å². The van der Waals surface area contributed by atoms with Crippen LogP contribution in [0.25, 0.3) is 10.2 Å². The van der Waals surface area contributed by atoms with Crippen molar-refractivity contribution in [2.45, 2.75) is 32.7 Å². The van der Waals surface area contributed by atoms with Crippen molar-refractivity contribution in [3.8, 4) is 0 Å². The van der Waals surface area contributed by atoms with Gasteiger partial charge in [-0.15, -0.1) is 0 Å². The third-order valence-electron chi connectivity index (χ3n) is 5.71. The number of benzene rings is 1. The number of carbonyl (C=O) groups excluding carboxylic acids is 1. The lowest BCUT2D eigenvalue weighted by Gasteiger charge is -2.36. The van der Waals surface area contributed by atoms with E-state index in [2.05, 4.69) is 35.9 Å². The maximum Gasteiger partial charge on any atom is 0.272 e. The number of anilines is 1. The monoisotopic (exact) mass is 383 g/mol. The predicted octanol–water partition coefficient (Wildman–Crippen LogP) is 3.39. The molecule has 0 unspecified atom stereocenters. The molecule has 1 saturated heterocycles. The summed E-state index contributed by atoms with van der Waals surface area (Å²) in [5, 5.41) is 1.10. The first-order valence-electron chi connectivity index (χ1n) is 9.31. The molecule has 27 heavy (non-hydrogen) atoms. The van der Waals surface area contributed by atoms with Crippen LogP contribution in [0.5, 0.6) is 0 Å². The second kappa shape index (κ2) is 6.96. The van der Waals surface area contributed by atoms with Crippen molar-refractivity contribution in [1.29, 1.82) is 0 Å². The highest BCUT2D eigenvalue weighted by Crippen LogP contribution is 2.33. The summed E-state index contributed by atoms with van der Waals surface area (Å²) >= 11 is 1.77. The number of imidazole rings is 1. The normalized spacial score (nSPS) is 15.5. The molecule has 1 aliphatic rings. The summed E-state index contributed by atoms with van der Waals surface area (Å²) < 4.78 is 3.03. The maximum absolute atomic E-state index is 12.7. The third kappa shape index (κ3) is 3.20. The second-order valence-electron chi connectivity index (χ2n) is 7.37. The van der Waals surface area contributed by atoms with Crippen LogP contribution in [0.3, 0.4) is 0 Å². The average Bonchev–Trinajstić information content (AvgIpc) is 3.30. The van der Waals surface area contributed by atoms with Crippen molar-refractivity contribution in [3.05, 3.63) is 41.5 Å². The number of fused-ring (bicyclic) bond motifs is 1. The first kappa shape index (κ1) is 18.0. The van der Waals surface area contributed by atoms with Crippen LogP contribution >= 0.6 is 11.3 Å². The zero-order valence-electron chi connectivity index (χ0n) is 16.3. The quantitative estimate of drug-likeness (QED) is 0.696. The predicted molar refractivity (Wildman–Crippen MR) is 110 cm³/mol. The summed E-state index contributed by atoms with van der Waals surface area (Å²) in [5.74, 6) is 0.0412. The number of aryl methyl sites for hydroxylation is 3. The van der Waals surface area contributed by atoms with Crippen LogP contribution in [0.4, 0.5) is 5.13 Å². The van der Waals surface area contributed by atoms with Gasteiger partial charge in [-0.05, 0) is 43.9 Å². The summed E-state index contributed by atoms with van der Waals surface area (Å²) in [6, 6.07) is 4.60. The van der Waals surface area contributed by atoms with Crippen LogP contribution in [-0.4, -0.2) is 51.5 Å². The molecule has 3 aromatic rings. The summed E-state index contributed by atoms with van der Waals surface area (Å²) in [7, 11) is 3.76. The molecular weight excluding hydrogens is 358 g/mol. The van der Waals surface area contributed by atoms with E-state index in [-0.39, 0.29) is 11.9 Å². The summed E-state index contributed by atoms with van der Waals surface area (Å²) in [6.07, 6.45) is 5.21. The lowest BCUT2D eigenvalue weighted by atomic mass is 10.0. The SMILES string of the molecule is Cc1ccc2sc(N3CCC(N(C)C(=O)c4cncn4C)CC3)nc2c1C. The first-order chi connectivity index (χ1) is 13.0. The van der Waals surface area contributed by atoms with Crippen molar-refractivity contribution in [3.63, 3.8) is 0 Å². The highest BCUT2D eigenvalue weighted by molar-refractivity contribution is 7.22. The summed E-state index contributed by atoms with van der Waals surface area (Å²) in [4.78, 5) is 25.9. The van der Waals surface area contributed by atoms with Gasteiger partial charge in [-0.3, -0.25) is 4.79 Å². The highest BCUT2D eigenvalue weighted by atomic mass is 32.1. The van der Waals surface area contributed by atoms with Crippen LogP contribution in [0, 0.1) is 13.8 Å². The molecule has 0 saturated carbocycles. The molecule has 0 radical (unpaired) electrons. The van der Waals surface area contributed by atoms with E-state index in [0.29, 0.717) is 5.69 Å².